The van der Waals surface area contributed by atoms with Gasteiger partial charge in [-0.1, -0.05) is 30.3 Å². The molecule has 0 saturated carbocycles. The van der Waals surface area contributed by atoms with Crippen LogP contribution < -0.4 is 20.9 Å². The van der Waals surface area contributed by atoms with Crippen LogP contribution in [-0.2, 0) is 4.79 Å². The van der Waals surface area contributed by atoms with Crippen molar-refractivity contribution in [2.45, 2.75) is 0 Å². The SMILES string of the molecule is O=C(COc1ccc2c(-c3ccccc3)cc(=O)oc2c1)Nc1ccc(N([O-])O)cc1. The van der Waals surface area contributed by atoms with Gasteiger partial charge in [0, 0.05) is 23.2 Å². The van der Waals surface area contributed by atoms with Crippen molar-refractivity contribution in [2.24, 2.45) is 0 Å². The highest BCUT2D eigenvalue weighted by Gasteiger charge is 2.10. The van der Waals surface area contributed by atoms with E-state index in [2.05, 4.69) is 5.32 Å². The van der Waals surface area contributed by atoms with Crippen molar-refractivity contribution in [3.05, 3.63) is 94.5 Å². The van der Waals surface area contributed by atoms with Crippen LogP contribution in [0.5, 0.6) is 5.75 Å². The van der Waals surface area contributed by atoms with Crippen LogP contribution in [0.3, 0.4) is 0 Å². The number of benzene rings is 3. The fourth-order valence-corrected chi connectivity index (χ4v) is 3.11. The number of fused-ring (bicyclic) bond motifs is 1. The lowest BCUT2D eigenvalue weighted by Crippen LogP contribution is -2.20. The van der Waals surface area contributed by atoms with Crippen molar-refractivity contribution in [1.82, 2.24) is 0 Å². The van der Waals surface area contributed by atoms with Gasteiger partial charge in [-0.15, -0.1) is 0 Å². The second-order valence-corrected chi connectivity index (χ2v) is 6.66. The molecule has 2 N–H and O–H groups in total. The molecule has 0 aliphatic heterocycles. The molecule has 1 amide bonds. The van der Waals surface area contributed by atoms with E-state index in [0.717, 1.165) is 16.5 Å². The minimum atomic E-state index is -0.482. The number of amides is 1. The number of anilines is 2. The van der Waals surface area contributed by atoms with Crippen molar-refractivity contribution >= 4 is 28.3 Å². The predicted molar refractivity (Wildman–Crippen MR) is 116 cm³/mol. The van der Waals surface area contributed by atoms with Crippen molar-refractivity contribution < 1.29 is 19.2 Å². The number of carbonyl (C=O) groups excluding carboxylic acids is 1. The minimum Gasteiger partial charge on any atom is -0.733 e. The number of nitrogens with one attached hydrogen (secondary N) is 1. The van der Waals surface area contributed by atoms with E-state index in [1.807, 2.05) is 30.3 Å². The molecule has 0 aliphatic carbocycles. The maximum Gasteiger partial charge on any atom is 0.336 e. The van der Waals surface area contributed by atoms with Gasteiger partial charge in [0.1, 0.15) is 11.3 Å². The largest absolute Gasteiger partial charge is 0.733 e. The Labute approximate surface area is 176 Å². The molecule has 0 saturated heterocycles. The third-order valence-corrected chi connectivity index (χ3v) is 4.54. The monoisotopic (exact) mass is 417 g/mol. The first-order valence-electron chi connectivity index (χ1n) is 9.32. The molecule has 0 aliphatic rings. The van der Waals surface area contributed by atoms with Crippen LogP contribution in [-0.4, -0.2) is 17.7 Å². The quantitative estimate of drug-likeness (QED) is 0.357. The summed E-state index contributed by atoms with van der Waals surface area (Å²) in [5.74, 6) is -0.0519. The normalized spacial score (nSPS) is 10.6. The molecule has 1 aromatic heterocycles. The number of ether oxygens (including phenoxy) is 1. The molecule has 0 atom stereocenters. The summed E-state index contributed by atoms with van der Waals surface area (Å²) in [6.07, 6.45) is 0. The summed E-state index contributed by atoms with van der Waals surface area (Å²) in [6.45, 7) is -0.274. The number of carbonyl (C=O) groups is 1. The van der Waals surface area contributed by atoms with Gasteiger partial charge in [0.15, 0.2) is 6.61 Å². The molecule has 0 fully saturated rings. The Kier molecular flexibility index (Phi) is 5.65. The predicted octanol–water partition coefficient (Wildman–Crippen LogP) is 4.17. The lowest BCUT2D eigenvalue weighted by Gasteiger charge is -2.21. The van der Waals surface area contributed by atoms with Crippen molar-refractivity contribution in [3.8, 4) is 16.9 Å². The second-order valence-electron chi connectivity index (χ2n) is 6.66. The zero-order valence-corrected chi connectivity index (χ0v) is 16.1. The van der Waals surface area contributed by atoms with Gasteiger partial charge in [-0.2, -0.15) is 0 Å². The topological polar surface area (TPSA) is 115 Å². The highest BCUT2D eigenvalue weighted by molar-refractivity contribution is 5.94. The summed E-state index contributed by atoms with van der Waals surface area (Å²) in [5, 5.41) is 22.7. The van der Waals surface area contributed by atoms with Crippen molar-refractivity contribution in [3.63, 3.8) is 0 Å². The molecule has 156 valence electrons. The molecule has 8 nitrogen and oxygen atoms in total. The number of hydrogen-bond donors (Lipinski definition) is 2. The van der Waals surface area contributed by atoms with Gasteiger partial charge >= 0.3 is 5.63 Å². The molecule has 0 unspecified atom stereocenters. The van der Waals surface area contributed by atoms with E-state index in [0.29, 0.717) is 17.0 Å². The Morgan fingerprint density at radius 1 is 1.03 bits per heavy atom. The summed E-state index contributed by atoms with van der Waals surface area (Å²) in [5.41, 5.74) is 1.99. The lowest BCUT2D eigenvalue weighted by atomic mass is 10.0. The first-order chi connectivity index (χ1) is 15.0. The summed E-state index contributed by atoms with van der Waals surface area (Å²) in [7, 11) is 0. The highest BCUT2D eigenvalue weighted by Crippen LogP contribution is 2.29. The Hall–Kier alpha value is -4.14. The van der Waals surface area contributed by atoms with E-state index < -0.39 is 11.5 Å². The van der Waals surface area contributed by atoms with Gasteiger partial charge in [0.05, 0.1) is 5.69 Å². The van der Waals surface area contributed by atoms with Crippen molar-refractivity contribution in [1.29, 1.82) is 0 Å². The van der Waals surface area contributed by atoms with E-state index in [1.54, 1.807) is 18.2 Å². The van der Waals surface area contributed by atoms with Crippen LogP contribution in [0.4, 0.5) is 11.4 Å². The first-order valence-corrected chi connectivity index (χ1v) is 9.32. The fourth-order valence-electron chi connectivity index (χ4n) is 3.11. The molecule has 4 rings (SSSR count). The Bertz CT molecular complexity index is 1270. The van der Waals surface area contributed by atoms with Gasteiger partial charge in [-0.25, -0.2) is 4.79 Å². The first kappa shape index (κ1) is 20.1. The standard InChI is InChI=1S/C23H17N2O6/c26-22(24-16-6-8-17(9-7-16)25(28)29)14-30-18-10-11-19-20(15-4-2-1-3-5-15)13-23(27)31-21(19)12-18/h1-13,28H,14H2,(H,24,26)/q-1. The molecule has 8 heteroatoms. The number of rotatable bonds is 6. The molecule has 1 heterocycles. The van der Waals surface area contributed by atoms with E-state index in [1.165, 1.54) is 30.3 Å². The Morgan fingerprint density at radius 3 is 2.48 bits per heavy atom. The molecule has 0 radical (unpaired) electrons. The highest BCUT2D eigenvalue weighted by atomic mass is 16.8. The lowest BCUT2D eigenvalue weighted by molar-refractivity contribution is -0.118. The maximum atomic E-state index is 12.1. The van der Waals surface area contributed by atoms with E-state index in [-0.39, 0.29) is 17.5 Å². The number of hydrogen-bond acceptors (Lipinski definition) is 7. The summed E-state index contributed by atoms with van der Waals surface area (Å²) in [4.78, 5) is 24.1. The average molecular weight is 417 g/mol. The molecule has 0 bridgehead atoms. The molecule has 3 aromatic carbocycles. The van der Waals surface area contributed by atoms with Crippen LogP contribution in [0.2, 0.25) is 0 Å². The van der Waals surface area contributed by atoms with E-state index >= 15 is 0 Å². The van der Waals surface area contributed by atoms with Crippen LogP contribution >= 0.6 is 0 Å². The van der Waals surface area contributed by atoms with Crippen molar-refractivity contribution in [2.75, 3.05) is 17.2 Å². The Morgan fingerprint density at radius 2 is 1.77 bits per heavy atom. The van der Waals surface area contributed by atoms with Gasteiger partial charge in [0.2, 0.25) is 0 Å². The fraction of sp³-hybridized carbons (Fsp3) is 0.0435. The molecule has 31 heavy (non-hydrogen) atoms. The Balaban J connectivity index is 1.48. The van der Waals surface area contributed by atoms with Crippen LogP contribution in [0.25, 0.3) is 22.1 Å². The third kappa shape index (κ3) is 4.72. The van der Waals surface area contributed by atoms with Crippen LogP contribution in [0.15, 0.2) is 88.1 Å². The second kappa shape index (κ2) is 8.70. The summed E-state index contributed by atoms with van der Waals surface area (Å²) >= 11 is 0. The molecular weight excluding hydrogens is 400 g/mol. The smallest absolute Gasteiger partial charge is 0.336 e. The average Bonchev–Trinajstić information content (AvgIpc) is 2.78. The van der Waals surface area contributed by atoms with Gasteiger partial charge in [-0.05, 0) is 47.5 Å². The van der Waals surface area contributed by atoms with Crippen LogP contribution in [0, 0.1) is 5.21 Å². The van der Waals surface area contributed by atoms with Gasteiger partial charge < -0.3 is 24.9 Å². The molecular formula is C23H17N2O6-. The third-order valence-electron chi connectivity index (χ3n) is 4.54. The molecule has 4 aromatic rings. The maximum absolute atomic E-state index is 12.1. The molecule has 0 spiro atoms. The zero-order chi connectivity index (χ0) is 21.8. The van der Waals surface area contributed by atoms with E-state index in [9.17, 15) is 14.8 Å². The minimum absolute atomic E-state index is 0.0433. The van der Waals surface area contributed by atoms with E-state index in [4.69, 9.17) is 14.4 Å². The van der Waals surface area contributed by atoms with Crippen LogP contribution in [0.1, 0.15) is 0 Å². The van der Waals surface area contributed by atoms with Gasteiger partial charge in [-0.3, -0.25) is 10.0 Å². The van der Waals surface area contributed by atoms with Gasteiger partial charge in [0.25, 0.3) is 5.91 Å². The zero-order valence-electron chi connectivity index (χ0n) is 16.1. The number of nitrogens with zero attached hydrogens (tertiary/aromatic N) is 1. The summed E-state index contributed by atoms with van der Waals surface area (Å²) < 4.78 is 10.8. The summed E-state index contributed by atoms with van der Waals surface area (Å²) in [6, 6.07) is 21.6.